The minimum absolute atomic E-state index is 0.239. The van der Waals surface area contributed by atoms with Gasteiger partial charge in [-0.05, 0) is 48.9 Å². The molecule has 0 amide bonds. The first-order valence-corrected chi connectivity index (χ1v) is 7.34. The van der Waals surface area contributed by atoms with Crippen molar-refractivity contribution in [2.45, 2.75) is 19.9 Å². The van der Waals surface area contributed by atoms with Crippen LogP contribution in [0.25, 0.3) is 0 Å². The lowest BCUT2D eigenvalue weighted by molar-refractivity contribution is 0.557. The first-order valence-electron chi connectivity index (χ1n) is 6.58. The van der Waals surface area contributed by atoms with Crippen LogP contribution in [0.3, 0.4) is 0 Å². The molecule has 1 atom stereocenters. The number of nitrogens with one attached hydrogen (secondary N) is 1. The van der Waals surface area contributed by atoms with Crippen molar-refractivity contribution in [1.29, 1.82) is 0 Å². The zero-order valence-electron chi connectivity index (χ0n) is 11.7. The van der Waals surface area contributed by atoms with E-state index in [2.05, 4.69) is 5.32 Å². The Bertz CT molecular complexity index is 639. The smallest absolute Gasteiger partial charge is 0.129 e. The highest BCUT2D eigenvalue weighted by Crippen LogP contribution is 2.35. The highest BCUT2D eigenvalue weighted by Gasteiger charge is 2.23. The van der Waals surface area contributed by atoms with E-state index >= 15 is 0 Å². The molecule has 0 saturated heterocycles. The lowest BCUT2D eigenvalue weighted by Gasteiger charge is -2.22. The number of hydrogen-bond donors (Lipinski definition) is 1. The van der Waals surface area contributed by atoms with E-state index in [-0.39, 0.29) is 5.02 Å². The van der Waals surface area contributed by atoms with Crippen molar-refractivity contribution in [3.8, 4) is 0 Å². The third-order valence-corrected chi connectivity index (χ3v) is 3.94. The maximum atomic E-state index is 14.2. The van der Waals surface area contributed by atoms with Gasteiger partial charge in [0.05, 0.1) is 6.04 Å². The highest BCUT2D eigenvalue weighted by atomic mass is 35.5. The molecule has 21 heavy (non-hydrogen) atoms. The Morgan fingerprint density at radius 3 is 2.43 bits per heavy atom. The zero-order valence-corrected chi connectivity index (χ0v) is 13.2. The zero-order chi connectivity index (χ0) is 15.6. The third-order valence-electron chi connectivity index (χ3n) is 3.29. The Morgan fingerprint density at radius 2 is 1.81 bits per heavy atom. The number of aryl methyl sites for hydroxylation is 1. The molecule has 1 nitrogen and oxygen atoms in total. The fourth-order valence-electron chi connectivity index (χ4n) is 2.26. The quantitative estimate of drug-likeness (QED) is 0.804. The lowest BCUT2D eigenvalue weighted by atomic mass is 9.96. The number of halogens is 4. The number of rotatable bonds is 4. The van der Waals surface area contributed by atoms with Crippen LogP contribution in [0.15, 0.2) is 30.3 Å². The molecule has 0 aliphatic heterocycles. The van der Waals surface area contributed by atoms with Gasteiger partial charge in [-0.1, -0.05) is 36.2 Å². The molecule has 1 unspecified atom stereocenters. The van der Waals surface area contributed by atoms with Crippen molar-refractivity contribution in [1.82, 2.24) is 5.32 Å². The van der Waals surface area contributed by atoms with E-state index in [4.69, 9.17) is 23.2 Å². The van der Waals surface area contributed by atoms with E-state index in [0.29, 0.717) is 28.3 Å². The summed E-state index contributed by atoms with van der Waals surface area (Å²) in [5, 5.41) is 3.70. The van der Waals surface area contributed by atoms with Crippen molar-refractivity contribution in [3.63, 3.8) is 0 Å². The van der Waals surface area contributed by atoms with E-state index in [1.807, 2.05) is 6.92 Å². The van der Waals surface area contributed by atoms with E-state index in [0.717, 1.165) is 0 Å². The molecule has 0 aliphatic rings. The van der Waals surface area contributed by atoms with E-state index < -0.39 is 17.7 Å². The maximum absolute atomic E-state index is 14.2. The monoisotopic (exact) mass is 329 g/mol. The van der Waals surface area contributed by atoms with Crippen LogP contribution in [0.1, 0.15) is 29.7 Å². The second kappa shape index (κ2) is 6.73. The van der Waals surface area contributed by atoms with Crippen molar-refractivity contribution in [3.05, 3.63) is 68.7 Å². The summed E-state index contributed by atoms with van der Waals surface area (Å²) in [4.78, 5) is 0. The van der Waals surface area contributed by atoms with Crippen LogP contribution in [-0.4, -0.2) is 6.54 Å². The van der Waals surface area contributed by atoms with Crippen molar-refractivity contribution < 1.29 is 8.78 Å². The second-order valence-electron chi connectivity index (χ2n) is 4.75. The molecule has 2 rings (SSSR count). The fourth-order valence-corrected chi connectivity index (χ4v) is 2.79. The summed E-state index contributed by atoms with van der Waals surface area (Å²) < 4.78 is 27.7. The SMILES string of the molecule is CCNC(c1cc(C)c(F)cc1Cl)c1c(F)cccc1Cl. The van der Waals surface area contributed by atoms with Gasteiger partial charge in [-0.2, -0.15) is 0 Å². The standard InChI is InChI=1S/C16H15Cl2F2N/c1-3-21-16(15-11(17)5-4-6-13(15)19)10-7-9(2)14(20)8-12(10)18/h4-8,16,21H,3H2,1-2H3. The largest absolute Gasteiger partial charge is 0.306 e. The Kier molecular flexibility index (Phi) is 5.20. The van der Waals surface area contributed by atoms with Crippen LogP contribution < -0.4 is 5.32 Å². The molecule has 2 aromatic rings. The molecule has 2 aromatic carbocycles. The van der Waals surface area contributed by atoms with Gasteiger partial charge in [0.1, 0.15) is 11.6 Å². The summed E-state index contributed by atoms with van der Waals surface area (Å²) in [7, 11) is 0. The van der Waals surface area contributed by atoms with Gasteiger partial charge in [0.2, 0.25) is 0 Å². The van der Waals surface area contributed by atoms with Crippen molar-refractivity contribution in [2.75, 3.05) is 6.54 Å². The normalized spacial score (nSPS) is 12.5. The molecular weight excluding hydrogens is 315 g/mol. The van der Waals surface area contributed by atoms with Gasteiger partial charge < -0.3 is 5.32 Å². The third kappa shape index (κ3) is 3.37. The molecule has 0 heterocycles. The highest BCUT2D eigenvalue weighted by molar-refractivity contribution is 6.32. The molecule has 0 bridgehead atoms. The van der Waals surface area contributed by atoms with E-state index in [9.17, 15) is 8.78 Å². The summed E-state index contributed by atoms with van der Waals surface area (Å²) >= 11 is 12.3. The summed E-state index contributed by atoms with van der Waals surface area (Å²) in [5.74, 6) is -0.815. The van der Waals surface area contributed by atoms with E-state index in [1.165, 1.54) is 12.1 Å². The van der Waals surface area contributed by atoms with Crippen LogP contribution in [0.5, 0.6) is 0 Å². The van der Waals surface area contributed by atoms with Crippen molar-refractivity contribution in [2.24, 2.45) is 0 Å². The molecule has 0 fully saturated rings. The first kappa shape index (κ1) is 16.2. The van der Waals surface area contributed by atoms with Gasteiger partial charge in [-0.15, -0.1) is 0 Å². The Balaban J connectivity index is 2.62. The van der Waals surface area contributed by atoms with Gasteiger partial charge in [0.25, 0.3) is 0 Å². The topological polar surface area (TPSA) is 12.0 Å². The van der Waals surface area contributed by atoms with Crippen LogP contribution in [0.4, 0.5) is 8.78 Å². The van der Waals surface area contributed by atoms with Crippen LogP contribution >= 0.6 is 23.2 Å². The maximum Gasteiger partial charge on any atom is 0.129 e. The molecule has 1 N–H and O–H groups in total. The fraction of sp³-hybridized carbons (Fsp3) is 0.250. The van der Waals surface area contributed by atoms with Crippen LogP contribution in [0, 0.1) is 18.6 Å². The first-order chi connectivity index (χ1) is 9.95. The van der Waals surface area contributed by atoms with Gasteiger partial charge in [0, 0.05) is 15.6 Å². The molecule has 0 spiro atoms. The second-order valence-corrected chi connectivity index (χ2v) is 5.56. The lowest BCUT2D eigenvalue weighted by Crippen LogP contribution is -2.24. The molecule has 112 valence electrons. The number of benzene rings is 2. The summed E-state index contributed by atoms with van der Waals surface area (Å²) in [6.07, 6.45) is 0. The summed E-state index contributed by atoms with van der Waals surface area (Å²) in [6, 6.07) is 6.83. The molecule has 0 aliphatic carbocycles. The minimum Gasteiger partial charge on any atom is -0.306 e. The molecule has 0 radical (unpaired) electrons. The molecule has 0 aromatic heterocycles. The average Bonchev–Trinajstić information content (AvgIpc) is 2.42. The predicted molar refractivity (Wildman–Crippen MR) is 83.1 cm³/mol. The summed E-state index contributed by atoms with van der Waals surface area (Å²) in [6.45, 7) is 4.12. The van der Waals surface area contributed by atoms with Gasteiger partial charge in [-0.25, -0.2) is 8.78 Å². The average molecular weight is 330 g/mol. The van der Waals surface area contributed by atoms with Gasteiger partial charge in [-0.3, -0.25) is 0 Å². The Morgan fingerprint density at radius 1 is 1.10 bits per heavy atom. The van der Waals surface area contributed by atoms with Crippen LogP contribution in [-0.2, 0) is 0 Å². The number of hydrogen-bond acceptors (Lipinski definition) is 1. The predicted octanol–water partition coefficient (Wildman–Crippen LogP) is 5.28. The summed E-state index contributed by atoms with van der Waals surface area (Å²) in [5.41, 5.74) is 1.36. The molecule has 5 heteroatoms. The minimum atomic E-state index is -0.532. The van der Waals surface area contributed by atoms with E-state index in [1.54, 1.807) is 25.1 Å². The molecular formula is C16H15Cl2F2N. The van der Waals surface area contributed by atoms with Gasteiger partial charge in [0.15, 0.2) is 0 Å². The van der Waals surface area contributed by atoms with Gasteiger partial charge >= 0.3 is 0 Å². The van der Waals surface area contributed by atoms with Crippen LogP contribution in [0.2, 0.25) is 10.0 Å². The molecule has 0 saturated carbocycles. The Hall–Kier alpha value is -1.16. The Labute approximate surface area is 132 Å². The van der Waals surface area contributed by atoms with Crippen molar-refractivity contribution >= 4 is 23.2 Å².